The summed E-state index contributed by atoms with van der Waals surface area (Å²) in [5.41, 5.74) is 2.05. The second kappa shape index (κ2) is 5.77. The van der Waals surface area contributed by atoms with Gasteiger partial charge in [-0.15, -0.1) is 0 Å². The first kappa shape index (κ1) is 16.0. The van der Waals surface area contributed by atoms with Crippen molar-refractivity contribution in [3.05, 3.63) is 57.3 Å². The first-order chi connectivity index (χ1) is 9.72. The molecule has 0 aliphatic heterocycles. The smallest absolute Gasteiger partial charge is 0.262 e. The van der Waals surface area contributed by atoms with E-state index in [-0.39, 0.29) is 4.90 Å². The van der Waals surface area contributed by atoms with Gasteiger partial charge in [-0.3, -0.25) is 4.72 Å². The third kappa shape index (κ3) is 3.27. The molecule has 112 valence electrons. The Morgan fingerprint density at radius 2 is 1.67 bits per heavy atom. The van der Waals surface area contributed by atoms with Crippen LogP contribution in [0.1, 0.15) is 16.7 Å². The Bertz CT molecular complexity index is 780. The molecular formula is C15H15BrFNO2S. The molecule has 0 fully saturated rings. The van der Waals surface area contributed by atoms with Crippen LogP contribution in [0.4, 0.5) is 10.1 Å². The van der Waals surface area contributed by atoms with Crippen molar-refractivity contribution in [2.45, 2.75) is 25.7 Å². The van der Waals surface area contributed by atoms with Crippen molar-refractivity contribution in [1.82, 2.24) is 0 Å². The van der Waals surface area contributed by atoms with Gasteiger partial charge in [0.2, 0.25) is 0 Å². The van der Waals surface area contributed by atoms with Gasteiger partial charge in [0.15, 0.2) is 0 Å². The number of hydrogen-bond acceptors (Lipinski definition) is 2. The summed E-state index contributed by atoms with van der Waals surface area (Å²) >= 11 is 3.36. The fourth-order valence-corrected chi connectivity index (χ4v) is 4.18. The highest BCUT2D eigenvalue weighted by atomic mass is 79.9. The number of rotatable bonds is 3. The molecule has 0 amide bonds. The van der Waals surface area contributed by atoms with E-state index < -0.39 is 15.8 Å². The van der Waals surface area contributed by atoms with Gasteiger partial charge >= 0.3 is 0 Å². The standard InChI is InChI=1S/C15H15BrFNO2S/c1-9-7-12(17)8-10(2)15(9)21(19,20)18-14-6-4-5-13(16)11(14)3/h4-8,18H,1-3H3. The van der Waals surface area contributed by atoms with Gasteiger partial charge in [-0.2, -0.15) is 0 Å². The SMILES string of the molecule is Cc1cc(F)cc(C)c1S(=O)(=O)Nc1cccc(Br)c1C. The molecule has 0 saturated heterocycles. The molecule has 2 aromatic rings. The Labute approximate surface area is 132 Å². The summed E-state index contributed by atoms with van der Waals surface area (Å²) in [5, 5.41) is 0. The molecule has 0 spiro atoms. The van der Waals surface area contributed by atoms with Gasteiger partial charge in [0, 0.05) is 4.47 Å². The zero-order chi connectivity index (χ0) is 15.8. The van der Waals surface area contributed by atoms with E-state index >= 15 is 0 Å². The highest BCUT2D eigenvalue weighted by Gasteiger charge is 2.21. The number of aryl methyl sites for hydroxylation is 2. The molecule has 0 unspecified atom stereocenters. The minimum Gasteiger partial charge on any atom is -0.279 e. The Balaban J connectivity index is 2.51. The van der Waals surface area contributed by atoms with Gasteiger partial charge in [0.25, 0.3) is 10.0 Å². The fraction of sp³-hybridized carbons (Fsp3) is 0.200. The van der Waals surface area contributed by atoms with Crippen LogP contribution < -0.4 is 4.72 Å². The largest absolute Gasteiger partial charge is 0.279 e. The Morgan fingerprint density at radius 1 is 1.10 bits per heavy atom. The Kier molecular flexibility index (Phi) is 4.39. The molecular weight excluding hydrogens is 357 g/mol. The predicted octanol–water partition coefficient (Wildman–Crippen LogP) is 4.31. The third-order valence-electron chi connectivity index (χ3n) is 3.21. The quantitative estimate of drug-likeness (QED) is 0.873. The average molecular weight is 372 g/mol. The normalized spacial score (nSPS) is 11.5. The van der Waals surface area contributed by atoms with E-state index in [2.05, 4.69) is 20.7 Å². The van der Waals surface area contributed by atoms with E-state index in [1.54, 1.807) is 26.0 Å². The van der Waals surface area contributed by atoms with E-state index in [1.807, 2.05) is 13.0 Å². The number of benzene rings is 2. The summed E-state index contributed by atoms with van der Waals surface area (Å²) in [5.74, 6) is -0.442. The van der Waals surface area contributed by atoms with Gasteiger partial charge in [-0.05, 0) is 61.7 Å². The van der Waals surface area contributed by atoms with E-state index in [0.717, 1.165) is 10.0 Å². The lowest BCUT2D eigenvalue weighted by atomic mass is 10.1. The van der Waals surface area contributed by atoms with Gasteiger partial charge in [0.05, 0.1) is 10.6 Å². The lowest BCUT2D eigenvalue weighted by Gasteiger charge is -2.15. The number of sulfonamides is 1. The predicted molar refractivity (Wildman–Crippen MR) is 85.6 cm³/mol. The summed E-state index contributed by atoms with van der Waals surface area (Å²) in [4.78, 5) is 0.114. The van der Waals surface area contributed by atoms with Crippen LogP contribution in [0.5, 0.6) is 0 Å². The molecule has 0 aliphatic rings. The van der Waals surface area contributed by atoms with Crippen LogP contribution >= 0.6 is 15.9 Å². The minimum absolute atomic E-state index is 0.114. The van der Waals surface area contributed by atoms with Gasteiger partial charge in [0.1, 0.15) is 5.82 Å². The van der Waals surface area contributed by atoms with Crippen LogP contribution in [-0.4, -0.2) is 8.42 Å². The molecule has 3 nitrogen and oxygen atoms in total. The molecule has 0 radical (unpaired) electrons. The lowest BCUT2D eigenvalue weighted by molar-refractivity contribution is 0.597. The van der Waals surface area contributed by atoms with Crippen molar-refractivity contribution in [2.24, 2.45) is 0 Å². The second-order valence-corrected chi connectivity index (χ2v) is 7.36. The summed E-state index contributed by atoms with van der Waals surface area (Å²) in [6.07, 6.45) is 0. The maximum Gasteiger partial charge on any atom is 0.262 e. The summed E-state index contributed by atoms with van der Waals surface area (Å²) in [7, 11) is -3.77. The van der Waals surface area contributed by atoms with Crippen LogP contribution in [0.3, 0.4) is 0 Å². The van der Waals surface area contributed by atoms with Crippen LogP contribution in [0.2, 0.25) is 0 Å². The molecule has 0 heterocycles. The summed E-state index contributed by atoms with van der Waals surface area (Å²) in [6.45, 7) is 4.98. The lowest BCUT2D eigenvalue weighted by Crippen LogP contribution is -2.16. The molecule has 0 aliphatic carbocycles. The maximum absolute atomic E-state index is 13.3. The number of nitrogens with one attached hydrogen (secondary N) is 1. The highest BCUT2D eigenvalue weighted by Crippen LogP contribution is 2.28. The van der Waals surface area contributed by atoms with Crippen molar-refractivity contribution in [2.75, 3.05) is 4.72 Å². The fourth-order valence-electron chi connectivity index (χ4n) is 2.24. The molecule has 21 heavy (non-hydrogen) atoms. The first-order valence-electron chi connectivity index (χ1n) is 6.27. The van der Waals surface area contributed by atoms with Crippen LogP contribution in [0.15, 0.2) is 39.7 Å². The van der Waals surface area contributed by atoms with Crippen LogP contribution in [-0.2, 0) is 10.0 Å². The number of anilines is 1. The summed E-state index contributed by atoms with van der Waals surface area (Å²) < 4.78 is 41.8. The van der Waals surface area contributed by atoms with Crippen molar-refractivity contribution in [3.63, 3.8) is 0 Å². The van der Waals surface area contributed by atoms with E-state index in [9.17, 15) is 12.8 Å². The molecule has 0 saturated carbocycles. The maximum atomic E-state index is 13.3. The third-order valence-corrected chi connectivity index (χ3v) is 5.73. The molecule has 6 heteroatoms. The van der Waals surface area contributed by atoms with Gasteiger partial charge < -0.3 is 0 Å². The van der Waals surface area contributed by atoms with Crippen molar-refractivity contribution in [1.29, 1.82) is 0 Å². The topological polar surface area (TPSA) is 46.2 Å². The van der Waals surface area contributed by atoms with Gasteiger partial charge in [-0.1, -0.05) is 22.0 Å². The molecule has 2 aromatic carbocycles. The van der Waals surface area contributed by atoms with E-state index in [1.165, 1.54) is 12.1 Å². The number of hydrogen-bond donors (Lipinski definition) is 1. The molecule has 0 aromatic heterocycles. The minimum atomic E-state index is -3.77. The van der Waals surface area contributed by atoms with Crippen LogP contribution in [0, 0.1) is 26.6 Å². The van der Waals surface area contributed by atoms with E-state index in [4.69, 9.17) is 0 Å². The van der Waals surface area contributed by atoms with Crippen molar-refractivity contribution in [3.8, 4) is 0 Å². The molecule has 0 bridgehead atoms. The van der Waals surface area contributed by atoms with Crippen molar-refractivity contribution >= 4 is 31.6 Å². The van der Waals surface area contributed by atoms with Crippen molar-refractivity contribution < 1.29 is 12.8 Å². The number of halogens is 2. The van der Waals surface area contributed by atoms with Crippen LogP contribution in [0.25, 0.3) is 0 Å². The monoisotopic (exact) mass is 371 g/mol. The zero-order valence-corrected chi connectivity index (χ0v) is 14.3. The highest BCUT2D eigenvalue weighted by molar-refractivity contribution is 9.10. The molecule has 2 rings (SSSR count). The molecule has 1 N–H and O–H groups in total. The second-order valence-electron chi connectivity index (χ2n) is 4.89. The Hall–Kier alpha value is -1.40. The first-order valence-corrected chi connectivity index (χ1v) is 8.54. The zero-order valence-electron chi connectivity index (χ0n) is 11.9. The summed E-state index contributed by atoms with van der Waals surface area (Å²) in [6, 6.07) is 7.71. The van der Waals surface area contributed by atoms with Gasteiger partial charge in [-0.25, -0.2) is 12.8 Å². The Morgan fingerprint density at radius 3 is 2.24 bits per heavy atom. The molecule has 0 atom stereocenters. The average Bonchev–Trinajstić information content (AvgIpc) is 2.33. The van der Waals surface area contributed by atoms with E-state index in [0.29, 0.717) is 16.8 Å².